The summed E-state index contributed by atoms with van der Waals surface area (Å²) < 4.78 is 0. The zero-order valence-corrected chi connectivity index (χ0v) is 11.2. The topological polar surface area (TPSA) is 35.5 Å². The van der Waals surface area contributed by atoms with Gasteiger partial charge in [-0.25, -0.2) is 0 Å². The molecule has 1 fully saturated rings. The van der Waals surface area contributed by atoms with Crippen molar-refractivity contribution in [2.24, 2.45) is 0 Å². The zero-order valence-electron chi connectivity index (χ0n) is 11.2. The van der Waals surface area contributed by atoms with Gasteiger partial charge in [0.25, 0.3) is 0 Å². The van der Waals surface area contributed by atoms with Gasteiger partial charge in [0.2, 0.25) is 0 Å². The van der Waals surface area contributed by atoms with Crippen molar-refractivity contribution >= 4 is 0 Å². The molecule has 0 radical (unpaired) electrons. The van der Waals surface area contributed by atoms with Crippen LogP contribution in [0.25, 0.3) is 0 Å². The highest BCUT2D eigenvalue weighted by atomic mass is 16.3. The molecule has 0 bridgehead atoms. The summed E-state index contributed by atoms with van der Waals surface area (Å²) in [4.78, 5) is 2.41. The zero-order chi connectivity index (χ0) is 12.8. The Morgan fingerprint density at radius 3 is 2.50 bits per heavy atom. The molecule has 1 atom stereocenters. The monoisotopic (exact) mass is 248 g/mol. The molecule has 3 nitrogen and oxygen atoms in total. The van der Waals surface area contributed by atoms with Crippen molar-refractivity contribution in [2.45, 2.75) is 25.8 Å². The average molecular weight is 248 g/mol. The molecule has 1 aromatic rings. The van der Waals surface area contributed by atoms with E-state index in [1.807, 2.05) is 0 Å². The number of aliphatic hydroxyl groups is 1. The highest BCUT2D eigenvalue weighted by molar-refractivity contribution is 5.21. The quantitative estimate of drug-likeness (QED) is 0.822. The van der Waals surface area contributed by atoms with Gasteiger partial charge in [0.05, 0.1) is 6.61 Å². The summed E-state index contributed by atoms with van der Waals surface area (Å²) in [5.74, 6) is 0. The molecule has 1 saturated heterocycles. The second kappa shape index (κ2) is 6.88. The summed E-state index contributed by atoms with van der Waals surface area (Å²) in [6.07, 6.45) is 2.09. The van der Waals surface area contributed by atoms with Gasteiger partial charge in [-0.05, 0) is 25.3 Å². The van der Waals surface area contributed by atoms with Crippen molar-refractivity contribution in [1.29, 1.82) is 0 Å². The Kier molecular flexibility index (Phi) is 5.17. The van der Waals surface area contributed by atoms with Crippen LogP contribution in [0.5, 0.6) is 0 Å². The third kappa shape index (κ3) is 3.80. The number of nitrogens with zero attached hydrogens (tertiary/aromatic N) is 1. The Morgan fingerprint density at radius 2 is 1.89 bits per heavy atom. The lowest BCUT2D eigenvalue weighted by molar-refractivity contribution is 0.104. The SMILES string of the molecule is Cc1ccc(CCC(CO)N2CCNCC2)cc1. The summed E-state index contributed by atoms with van der Waals surface area (Å²) in [7, 11) is 0. The standard InChI is InChI=1S/C15H24N2O/c1-13-2-4-14(5-3-13)6-7-15(12-18)17-10-8-16-9-11-17/h2-5,15-16,18H,6-12H2,1H3. The first kappa shape index (κ1) is 13.5. The fourth-order valence-electron chi connectivity index (χ4n) is 2.52. The van der Waals surface area contributed by atoms with Gasteiger partial charge in [-0.15, -0.1) is 0 Å². The number of hydrogen-bond acceptors (Lipinski definition) is 3. The summed E-state index contributed by atoms with van der Waals surface area (Å²) in [5, 5.41) is 12.9. The van der Waals surface area contributed by atoms with E-state index in [-0.39, 0.29) is 6.61 Å². The number of aliphatic hydroxyl groups excluding tert-OH is 1. The molecule has 2 rings (SSSR count). The van der Waals surface area contributed by atoms with Crippen molar-refractivity contribution in [3.8, 4) is 0 Å². The van der Waals surface area contributed by atoms with Gasteiger partial charge in [0.1, 0.15) is 0 Å². The number of nitrogens with one attached hydrogen (secondary N) is 1. The van der Waals surface area contributed by atoms with Gasteiger partial charge in [-0.3, -0.25) is 4.90 Å². The van der Waals surface area contributed by atoms with Crippen molar-refractivity contribution in [2.75, 3.05) is 32.8 Å². The third-order valence-electron chi connectivity index (χ3n) is 3.77. The van der Waals surface area contributed by atoms with Crippen LogP contribution in [0.2, 0.25) is 0 Å². The first-order valence-electron chi connectivity index (χ1n) is 6.91. The molecule has 1 aliphatic heterocycles. The summed E-state index contributed by atoms with van der Waals surface area (Å²) in [6, 6.07) is 9.03. The molecule has 2 N–H and O–H groups in total. The molecule has 18 heavy (non-hydrogen) atoms. The Balaban J connectivity index is 1.84. The lowest BCUT2D eigenvalue weighted by Gasteiger charge is -2.34. The van der Waals surface area contributed by atoms with E-state index in [2.05, 4.69) is 41.4 Å². The predicted molar refractivity (Wildman–Crippen MR) is 74.8 cm³/mol. The minimum Gasteiger partial charge on any atom is -0.395 e. The van der Waals surface area contributed by atoms with Crippen LogP contribution < -0.4 is 5.32 Å². The normalized spacial score (nSPS) is 18.8. The molecule has 0 aliphatic carbocycles. The van der Waals surface area contributed by atoms with Crippen molar-refractivity contribution in [1.82, 2.24) is 10.2 Å². The maximum atomic E-state index is 9.54. The van der Waals surface area contributed by atoms with E-state index in [0.717, 1.165) is 39.0 Å². The second-order valence-electron chi connectivity index (χ2n) is 5.15. The van der Waals surface area contributed by atoms with Crippen LogP contribution in [0.15, 0.2) is 24.3 Å². The van der Waals surface area contributed by atoms with Gasteiger partial charge in [-0.2, -0.15) is 0 Å². The Morgan fingerprint density at radius 1 is 1.22 bits per heavy atom. The lowest BCUT2D eigenvalue weighted by Crippen LogP contribution is -2.49. The smallest absolute Gasteiger partial charge is 0.0587 e. The molecule has 3 heteroatoms. The molecule has 0 aromatic heterocycles. The highest BCUT2D eigenvalue weighted by Gasteiger charge is 2.19. The van der Waals surface area contributed by atoms with E-state index in [4.69, 9.17) is 0 Å². The van der Waals surface area contributed by atoms with E-state index in [0.29, 0.717) is 6.04 Å². The van der Waals surface area contributed by atoms with Crippen LogP contribution in [0, 0.1) is 6.92 Å². The first-order valence-corrected chi connectivity index (χ1v) is 6.91. The highest BCUT2D eigenvalue weighted by Crippen LogP contribution is 2.11. The molecule has 1 heterocycles. The summed E-state index contributed by atoms with van der Waals surface area (Å²) >= 11 is 0. The van der Waals surface area contributed by atoms with Gasteiger partial charge >= 0.3 is 0 Å². The molecule has 0 amide bonds. The summed E-state index contributed by atoms with van der Waals surface area (Å²) in [5.41, 5.74) is 2.67. The van der Waals surface area contributed by atoms with Gasteiger partial charge in [-0.1, -0.05) is 29.8 Å². The van der Waals surface area contributed by atoms with E-state index >= 15 is 0 Å². The van der Waals surface area contributed by atoms with Crippen LogP contribution in [-0.2, 0) is 6.42 Å². The van der Waals surface area contributed by atoms with Crippen LogP contribution in [-0.4, -0.2) is 48.8 Å². The fraction of sp³-hybridized carbons (Fsp3) is 0.600. The van der Waals surface area contributed by atoms with E-state index < -0.39 is 0 Å². The molecule has 100 valence electrons. The van der Waals surface area contributed by atoms with Gasteiger partial charge in [0.15, 0.2) is 0 Å². The van der Waals surface area contributed by atoms with Crippen LogP contribution in [0.3, 0.4) is 0 Å². The molecular formula is C15H24N2O. The maximum Gasteiger partial charge on any atom is 0.0587 e. The second-order valence-corrected chi connectivity index (χ2v) is 5.15. The number of hydrogen-bond donors (Lipinski definition) is 2. The Hall–Kier alpha value is -0.900. The van der Waals surface area contributed by atoms with Crippen molar-refractivity contribution in [3.05, 3.63) is 35.4 Å². The maximum absolute atomic E-state index is 9.54. The Bertz CT molecular complexity index is 344. The molecule has 0 saturated carbocycles. The fourth-order valence-corrected chi connectivity index (χ4v) is 2.52. The number of aryl methyl sites for hydroxylation is 2. The minimum atomic E-state index is 0.270. The van der Waals surface area contributed by atoms with Gasteiger partial charge < -0.3 is 10.4 Å². The van der Waals surface area contributed by atoms with E-state index in [1.54, 1.807) is 0 Å². The molecule has 1 aromatic carbocycles. The van der Waals surface area contributed by atoms with Crippen LogP contribution in [0.4, 0.5) is 0 Å². The molecule has 1 aliphatic rings. The Labute approximate surface area is 110 Å². The lowest BCUT2D eigenvalue weighted by atomic mass is 10.0. The van der Waals surface area contributed by atoms with E-state index in [9.17, 15) is 5.11 Å². The van der Waals surface area contributed by atoms with Crippen molar-refractivity contribution in [3.63, 3.8) is 0 Å². The van der Waals surface area contributed by atoms with Crippen LogP contribution >= 0.6 is 0 Å². The van der Waals surface area contributed by atoms with E-state index in [1.165, 1.54) is 11.1 Å². The molecular weight excluding hydrogens is 224 g/mol. The predicted octanol–water partition coefficient (Wildman–Crippen LogP) is 1.19. The largest absolute Gasteiger partial charge is 0.395 e. The number of benzene rings is 1. The first-order chi connectivity index (χ1) is 8.79. The minimum absolute atomic E-state index is 0.270. The number of rotatable bonds is 5. The van der Waals surface area contributed by atoms with Gasteiger partial charge in [0, 0.05) is 32.2 Å². The number of piperazine rings is 1. The van der Waals surface area contributed by atoms with Crippen LogP contribution in [0.1, 0.15) is 17.5 Å². The third-order valence-corrected chi connectivity index (χ3v) is 3.77. The summed E-state index contributed by atoms with van der Waals surface area (Å²) in [6.45, 7) is 6.58. The van der Waals surface area contributed by atoms with Crippen molar-refractivity contribution < 1.29 is 5.11 Å². The molecule has 1 unspecified atom stereocenters. The molecule has 0 spiro atoms. The average Bonchev–Trinajstić information content (AvgIpc) is 2.43.